The van der Waals surface area contributed by atoms with Gasteiger partial charge in [-0.3, -0.25) is 4.99 Å². The Morgan fingerprint density at radius 1 is 1.33 bits per heavy atom. The van der Waals surface area contributed by atoms with Crippen molar-refractivity contribution in [3.05, 3.63) is 52.5 Å². The maximum absolute atomic E-state index is 4.63. The average Bonchev–Trinajstić information content (AvgIpc) is 3.12. The number of benzene rings is 1. The molecule has 0 radical (unpaired) electrons. The Labute approximate surface area is 169 Å². The predicted octanol–water partition coefficient (Wildman–Crippen LogP) is 3.54. The summed E-state index contributed by atoms with van der Waals surface area (Å²) in [7, 11) is 5.94. The van der Waals surface area contributed by atoms with E-state index >= 15 is 0 Å². The van der Waals surface area contributed by atoms with Gasteiger partial charge in [0.1, 0.15) is 5.82 Å². The van der Waals surface area contributed by atoms with Gasteiger partial charge in [0.15, 0.2) is 5.96 Å². The maximum Gasteiger partial charge on any atom is 0.193 e. The highest BCUT2D eigenvalue weighted by Crippen LogP contribution is 2.16. The van der Waals surface area contributed by atoms with Crippen LogP contribution in [-0.2, 0) is 20.1 Å². The van der Waals surface area contributed by atoms with Crippen LogP contribution in [0.15, 0.2) is 46.0 Å². The molecule has 0 bridgehead atoms. The summed E-state index contributed by atoms with van der Waals surface area (Å²) in [5.41, 5.74) is 3.49. The Kier molecular flexibility index (Phi) is 6.21. The molecule has 3 rings (SSSR count). The highest BCUT2D eigenvalue weighted by Gasteiger charge is 2.10. The number of halogens is 1. The zero-order chi connectivity index (χ0) is 19.4. The largest absolute Gasteiger partial charge is 0.356 e. The second-order valence-electron chi connectivity index (χ2n) is 6.74. The molecular weight excluding hydrogens is 404 g/mol. The molecule has 0 fully saturated rings. The topological polar surface area (TPSA) is 50.4 Å². The van der Waals surface area contributed by atoms with Crippen LogP contribution in [-0.4, -0.2) is 45.6 Å². The van der Waals surface area contributed by atoms with Crippen LogP contribution in [0, 0.1) is 6.92 Å². The lowest BCUT2D eigenvalue weighted by Crippen LogP contribution is -2.39. The number of hydrogen-bond donors (Lipinski definition) is 1. The standard InChI is InChI=1S/C20H27BrN6/c1-15-24-18-8-5-6-9-19(18)27(15)11-7-10-23-20(22-2)26(4)14-17-12-16(21)13-25(17)3/h5-6,8-9,12-13H,7,10-11,14H2,1-4H3,(H,22,23). The van der Waals surface area contributed by atoms with E-state index in [1.807, 2.05) is 13.1 Å². The molecule has 0 saturated carbocycles. The summed E-state index contributed by atoms with van der Waals surface area (Å²) in [6, 6.07) is 10.4. The van der Waals surface area contributed by atoms with E-state index in [-0.39, 0.29) is 0 Å². The third kappa shape index (κ3) is 4.53. The quantitative estimate of drug-likeness (QED) is 0.369. The summed E-state index contributed by atoms with van der Waals surface area (Å²) in [6.07, 6.45) is 3.07. The van der Waals surface area contributed by atoms with Crippen LogP contribution in [0.2, 0.25) is 0 Å². The number of nitrogens with one attached hydrogen (secondary N) is 1. The molecule has 0 saturated heterocycles. The van der Waals surface area contributed by atoms with Crippen LogP contribution in [0.4, 0.5) is 0 Å². The molecule has 27 heavy (non-hydrogen) atoms. The van der Waals surface area contributed by atoms with Crippen molar-refractivity contribution in [2.75, 3.05) is 20.6 Å². The molecule has 0 aliphatic heterocycles. The highest BCUT2D eigenvalue weighted by atomic mass is 79.9. The van der Waals surface area contributed by atoms with Crippen LogP contribution in [0.5, 0.6) is 0 Å². The van der Waals surface area contributed by atoms with Crippen molar-refractivity contribution in [3.8, 4) is 0 Å². The Bertz CT molecular complexity index is 939. The Morgan fingerprint density at radius 2 is 2.11 bits per heavy atom. The van der Waals surface area contributed by atoms with Crippen molar-refractivity contribution >= 4 is 32.9 Å². The first-order valence-electron chi connectivity index (χ1n) is 9.14. The van der Waals surface area contributed by atoms with Crippen molar-refractivity contribution in [3.63, 3.8) is 0 Å². The van der Waals surface area contributed by atoms with E-state index < -0.39 is 0 Å². The molecule has 2 aromatic heterocycles. The van der Waals surface area contributed by atoms with Gasteiger partial charge in [-0.1, -0.05) is 12.1 Å². The molecule has 1 N–H and O–H groups in total. The third-order valence-electron chi connectivity index (χ3n) is 4.73. The first-order valence-corrected chi connectivity index (χ1v) is 9.93. The zero-order valence-corrected chi connectivity index (χ0v) is 18.0. The van der Waals surface area contributed by atoms with Crippen LogP contribution in [0.25, 0.3) is 11.0 Å². The second kappa shape index (κ2) is 8.61. The monoisotopic (exact) mass is 430 g/mol. The van der Waals surface area contributed by atoms with Crippen molar-refractivity contribution < 1.29 is 0 Å². The number of rotatable bonds is 6. The van der Waals surface area contributed by atoms with Crippen molar-refractivity contribution in [2.45, 2.75) is 26.4 Å². The van der Waals surface area contributed by atoms with Gasteiger partial charge in [0.25, 0.3) is 0 Å². The van der Waals surface area contributed by atoms with Gasteiger partial charge in [-0.15, -0.1) is 0 Å². The number of imidazole rings is 1. The first kappa shape index (κ1) is 19.5. The van der Waals surface area contributed by atoms with E-state index in [0.717, 1.165) is 47.8 Å². The van der Waals surface area contributed by atoms with Crippen LogP contribution in [0.3, 0.4) is 0 Å². The molecule has 6 nitrogen and oxygen atoms in total. The fourth-order valence-electron chi connectivity index (χ4n) is 3.34. The molecule has 0 amide bonds. The smallest absolute Gasteiger partial charge is 0.193 e. The van der Waals surface area contributed by atoms with Gasteiger partial charge in [0.05, 0.1) is 17.6 Å². The minimum absolute atomic E-state index is 0.799. The van der Waals surface area contributed by atoms with E-state index in [0.29, 0.717) is 0 Å². The molecule has 0 atom stereocenters. The summed E-state index contributed by atoms with van der Waals surface area (Å²) in [5, 5.41) is 3.47. The summed E-state index contributed by atoms with van der Waals surface area (Å²) >= 11 is 3.53. The number of nitrogens with zero attached hydrogens (tertiary/aromatic N) is 5. The number of hydrogen-bond acceptors (Lipinski definition) is 2. The van der Waals surface area contributed by atoms with Crippen molar-refractivity contribution in [2.24, 2.45) is 12.0 Å². The number of aryl methyl sites for hydroxylation is 3. The van der Waals surface area contributed by atoms with Gasteiger partial charge in [-0.05, 0) is 47.5 Å². The molecule has 144 valence electrons. The van der Waals surface area contributed by atoms with Gasteiger partial charge in [-0.25, -0.2) is 4.98 Å². The van der Waals surface area contributed by atoms with Gasteiger partial charge in [0, 0.05) is 50.6 Å². The molecule has 0 aliphatic rings. The summed E-state index contributed by atoms with van der Waals surface area (Å²) in [4.78, 5) is 11.2. The Hall–Kier alpha value is -2.28. The van der Waals surface area contributed by atoms with Gasteiger partial charge in [0.2, 0.25) is 0 Å². The van der Waals surface area contributed by atoms with Crippen LogP contribution >= 0.6 is 15.9 Å². The maximum atomic E-state index is 4.63. The van der Waals surface area contributed by atoms with Crippen molar-refractivity contribution in [1.29, 1.82) is 0 Å². The number of guanidine groups is 1. The lowest BCUT2D eigenvalue weighted by Gasteiger charge is -2.22. The van der Waals surface area contributed by atoms with Crippen molar-refractivity contribution in [1.82, 2.24) is 24.3 Å². The van der Waals surface area contributed by atoms with E-state index in [1.165, 1.54) is 11.2 Å². The van der Waals surface area contributed by atoms with E-state index in [4.69, 9.17) is 0 Å². The number of para-hydroxylation sites is 2. The molecule has 0 unspecified atom stereocenters. The molecule has 7 heteroatoms. The highest BCUT2D eigenvalue weighted by molar-refractivity contribution is 9.10. The second-order valence-corrected chi connectivity index (χ2v) is 7.66. The molecule has 2 heterocycles. The van der Waals surface area contributed by atoms with Crippen LogP contribution in [0.1, 0.15) is 17.9 Å². The Balaban J connectivity index is 1.54. The third-order valence-corrected chi connectivity index (χ3v) is 5.17. The van der Waals surface area contributed by atoms with Gasteiger partial charge >= 0.3 is 0 Å². The first-order chi connectivity index (χ1) is 13.0. The number of aliphatic imine (C=N–C) groups is 1. The van der Waals surface area contributed by atoms with Gasteiger partial charge in [-0.2, -0.15) is 0 Å². The van der Waals surface area contributed by atoms with Crippen LogP contribution < -0.4 is 5.32 Å². The van der Waals surface area contributed by atoms with E-state index in [1.54, 1.807) is 0 Å². The predicted molar refractivity (Wildman–Crippen MR) is 115 cm³/mol. The molecular formula is C20H27BrN6. The Morgan fingerprint density at radius 3 is 2.81 bits per heavy atom. The SMILES string of the molecule is CN=C(NCCCn1c(C)nc2ccccc21)N(C)Cc1cc(Br)cn1C. The fourth-order valence-corrected chi connectivity index (χ4v) is 3.91. The average molecular weight is 431 g/mol. The normalized spacial score (nSPS) is 12.0. The minimum Gasteiger partial charge on any atom is -0.356 e. The number of aromatic nitrogens is 3. The molecule has 0 spiro atoms. The van der Waals surface area contributed by atoms with Gasteiger partial charge < -0.3 is 19.4 Å². The minimum atomic E-state index is 0.799. The lowest BCUT2D eigenvalue weighted by molar-refractivity contribution is 0.459. The summed E-state index contributed by atoms with van der Waals surface area (Å²) in [6.45, 7) is 4.66. The van der Waals surface area contributed by atoms with E-state index in [9.17, 15) is 0 Å². The fraction of sp³-hybridized carbons (Fsp3) is 0.400. The summed E-state index contributed by atoms with van der Waals surface area (Å²) in [5.74, 6) is 1.96. The molecule has 1 aromatic carbocycles. The lowest BCUT2D eigenvalue weighted by atomic mass is 10.3. The van der Waals surface area contributed by atoms with E-state index in [2.05, 4.69) is 96.7 Å². The number of fused-ring (bicyclic) bond motifs is 1. The molecule has 3 aromatic rings. The summed E-state index contributed by atoms with van der Waals surface area (Å²) < 4.78 is 5.51. The zero-order valence-electron chi connectivity index (χ0n) is 16.4. The molecule has 0 aliphatic carbocycles.